The predicted molar refractivity (Wildman–Crippen MR) is 76.9 cm³/mol. The van der Waals surface area contributed by atoms with Crippen LogP contribution in [0.2, 0.25) is 0 Å². The zero-order valence-corrected chi connectivity index (χ0v) is 11.2. The third-order valence-corrected chi connectivity index (χ3v) is 3.89. The zero-order chi connectivity index (χ0) is 14.4. The van der Waals surface area contributed by atoms with Crippen molar-refractivity contribution in [3.8, 4) is 11.4 Å². The quantitative estimate of drug-likeness (QED) is 0.721. The van der Waals surface area contributed by atoms with Gasteiger partial charge in [-0.05, 0) is 30.2 Å². The molecule has 4 rings (SSSR count). The lowest BCUT2D eigenvalue weighted by atomic mass is 9.98. The number of hydrogen-bond acceptors (Lipinski definition) is 2. The molecule has 2 aromatic carbocycles. The van der Waals surface area contributed by atoms with Gasteiger partial charge in [0.15, 0.2) is 11.6 Å². The molecule has 0 spiro atoms. The van der Waals surface area contributed by atoms with Gasteiger partial charge in [0, 0.05) is 24.2 Å². The van der Waals surface area contributed by atoms with Crippen LogP contribution in [0, 0.1) is 11.6 Å². The Morgan fingerprint density at radius 1 is 1.00 bits per heavy atom. The molecule has 1 aliphatic rings. The van der Waals surface area contributed by atoms with Crippen molar-refractivity contribution < 1.29 is 8.78 Å². The molecule has 5 heteroatoms. The van der Waals surface area contributed by atoms with Gasteiger partial charge in [-0.25, -0.2) is 13.8 Å². The summed E-state index contributed by atoms with van der Waals surface area (Å²) >= 11 is 0. The minimum atomic E-state index is -0.879. The first kappa shape index (κ1) is 12.5. The number of halogens is 2. The van der Waals surface area contributed by atoms with E-state index in [9.17, 15) is 8.78 Å². The Labute approximate surface area is 120 Å². The molecule has 0 amide bonds. The van der Waals surface area contributed by atoms with E-state index in [1.54, 1.807) is 0 Å². The Bertz CT molecular complexity index is 800. The molecule has 3 aromatic rings. The Morgan fingerprint density at radius 3 is 2.76 bits per heavy atom. The Kier molecular flexibility index (Phi) is 2.75. The fourth-order valence-electron chi connectivity index (χ4n) is 2.77. The second-order valence-electron chi connectivity index (χ2n) is 5.28. The van der Waals surface area contributed by atoms with Gasteiger partial charge in [0.05, 0.1) is 11.0 Å². The molecule has 0 radical (unpaired) electrons. The summed E-state index contributed by atoms with van der Waals surface area (Å²) < 4.78 is 26.5. The van der Waals surface area contributed by atoms with Crippen LogP contribution in [0.1, 0.15) is 11.1 Å². The van der Waals surface area contributed by atoms with E-state index >= 15 is 0 Å². The fraction of sp³-hybridized carbons (Fsp3) is 0.188. The molecule has 3 nitrogen and oxygen atoms in total. The predicted octanol–water partition coefficient (Wildman–Crippen LogP) is 3.15. The number of nitrogens with one attached hydrogen (secondary N) is 2. The SMILES string of the molecule is Fc1cc2nc(-c3ccc4c(c3)CNCC4)[nH]c2cc1F. The molecule has 0 unspecified atom stereocenters. The Hall–Kier alpha value is -2.27. The summed E-state index contributed by atoms with van der Waals surface area (Å²) in [7, 11) is 0. The summed E-state index contributed by atoms with van der Waals surface area (Å²) in [5.74, 6) is -1.12. The molecule has 106 valence electrons. The maximum atomic E-state index is 13.3. The van der Waals surface area contributed by atoms with Crippen LogP contribution in [0.3, 0.4) is 0 Å². The third kappa shape index (κ3) is 2.10. The average Bonchev–Trinajstić information content (AvgIpc) is 2.90. The van der Waals surface area contributed by atoms with Gasteiger partial charge >= 0.3 is 0 Å². The molecular weight excluding hydrogens is 272 g/mol. The van der Waals surface area contributed by atoms with Crippen molar-refractivity contribution in [3.05, 3.63) is 53.1 Å². The molecule has 0 atom stereocenters. The van der Waals surface area contributed by atoms with Crippen LogP contribution in [0.15, 0.2) is 30.3 Å². The van der Waals surface area contributed by atoms with Gasteiger partial charge < -0.3 is 10.3 Å². The Morgan fingerprint density at radius 2 is 1.86 bits per heavy atom. The van der Waals surface area contributed by atoms with E-state index in [1.165, 1.54) is 11.1 Å². The average molecular weight is 285 g/mol. The highest BCUT2D eigenvalue weighted by atomic mass is 19.2. The van der Waals surface area contributed by atoms with Gasteiger partial charge in [-0.3, -0.25) is 0 Å². The van der Waals surface area contributed by atoms with Crippen LogP contribution < -0.4 is 5.32 Å². The van der Waals surface area contributed by atoms with Crippen LogP contribution >= 0.6 is 0 Å². The maximum Gasteiger partial charge on any atom is 0.161 e. The molecule has 0 fully saturated rings. The first-order chi connectivity index (χ1) is 10.2. The number of H-pyrrole nitrogens is 1. The van der Waals surface area contributed by atoms with Gasteiger partial charge in [-0.2, -0.15) is 0 Å². The smallest absolute Gasteiger partial charge is 0.161 e. The van der Waals surface area contributed by atoms with Crippen LogP contribution in [0.25, 0.3) is 22.4 Å². The first-order valence-corrected chi connectivity index (χ1v) is 6.88. The summed E-state index contributed by atoms with van der Waals surface area (Å²) in [6.45, 7) is 1.84. The lowest BCUT2D eigenvalue weighted by molar-refractivity contribution is 0.510. The van der Waals surface area contributed by atoms with Crippen molar-refractivity contribution in [3.63, 3.8) is 0 Å². The molecule has 21 heavy (non-hydrogen) atoms. The normalized spacial score (nSPS) is 14.4. The van der Waals surface area contributed by atoms with E-state index in [0.29, 0.717) is 16.9 Å². The number of fused-ring (bicyclic) bond motifs is 2. The zero-order valence-electron chi connectivity index (χ0n) is 11.2. The second kappa shape index (κ2) is 4.63. The van der Waals surface area contributed by atoms with E-state index in [4.69, 9.17) is 0 Å². The van der Waals surface area contributed by atoms with Gasteiger partial charge in [0.2, 0.25) is 0 Å². The summed E-state index contributed by atoms with van der Waals surface area (Å²) in [4.78, 5) is 7.40. The standard InChI is InChI=1S/C16H13F2N3/c17-12-6-14-15(7-13(12)18)21-16(20-14)10-2-1-9-3-4-19-8-11(9)5-10/h1-2,5-7,19H,3-4,8H2,(H,20,21). The van der Waals surface area contributed by atoms with Crippen LogP contribution in [0.5, 0.6) is 0 Å². The number of nitrogens with zero attached hydrogens (tertiary/aromatic N) is 1. The van der Waals surface area contributed by atoms with Crippen molar-refractivity contribution >= 4 is 11.0 Å². The van der Waals surface area contributed by atoms with Crippen LogP contribution in [-0.4, -0.2) is 16.5 Å². The van der Waals surface area contributed by atoms with E-state index in [0.717, 1.165) is 37.2 Å². The van der Waals surface area contributed by atoms with Gasteiger partial charge in [-0.1, -0.05) is 12.1 Å². The third-order valence-electron chi connectivity index (χ3n) is 3.89. The molecule has 0 saturated carbocycles. The summed E-state index contributed by atoms with van der Waals surface area (Å²) in [5, 5.41) is 3.33. The van der Waals surface area contributed by atoms with E-state index in [-0.39, 0.29) is 0 Å². The highest BCUT2D eigenvalue weighted by molar-refractivity contribution is 5.79. The first-order valence-electron chi connectivity index (χ1n) is 6.88. The Balaban J connectivity index is 1.82. The number of imidazole rings is 1. The van der Waals surface area contributed by atoms with Crippen molar-refractivity contribution in [1.29, 1.82) is 0 Å². The maximum absolute atomic E-state index is 13.3. The number of benzene rings is 2. The van der Waals surface area contributed by atoms with Crippen molar-refractivity contribution in [2.45, 2.75) is 13.0 Å². The lowest BCUT2D eigenvalue weighted by Gasteiger charge is -2.17. The minimum absolute atomic E-state index is 0.430. The van der Waals surface area contributed by atoms with Crippen molar-refractivity contribution in [2.75, 3.05) is 6.54 Å². The second-order valence-corrected chi connectivity index (χ2v) is 5.28. The molecule has 0 bridgehead atoms. The highest BCUT2D eigenvalue weighted by Crippen LogP contribution is 2.25. The molecule has 0 saturated heterocycles. The number of hydrogen-bond donors (Lipinski definition) is 2. The minimum Gasteiger partial charge on any atom is -0.338 e. The fourth-order valence-corrected chi connectivity index (χ4v) is 2.77. The van der Waals surface area contributed by atoms with Crippen LogP contribution in [-0.2, 0) is 13.0 Å². The summed E-state index contributed by atoms with van der Waals surface area (Å²) in [6, 6.07) is 8.42. The molecule has 2 N–H and O–H groups in total. The largest absolute Gasteiger partial charge is 0.338 e. The number of aromatic amines is 1. The highest BCUT2D eigenvalue weighted by Gasteiger charge is 2.13. The van der Waals surface area contributed by atoms with Crippen molar-refractivity contribution in [2.24, 2.45) is 0 Å². The molecule has 1 aliphatic heterocycles. The number of aromatic nitrogens is 2. The monoisotopic (exact) mass is 285 g/mol. The number of rotatable bonds is 1. The van der Waals surface area contributed by atoms with Gasteiger partial charge in [-0.15, -0.1) is 0 Å². The summed E-state index contributed by atoms with van der Waals surface area (Å²) in [6.07, 6.45) is 1.02. The van der Waals surface area contributed by atoms with E-state index in [1.807, 2.05) is 6.07 Å². The van der Waals surface area contributed by atoms with Crippen molar-refractivity contribution in [1.82, 2.24) is 15.3 Å². The molecular formula is C16H13F2N3. The van der Waals surface area contributed by atoms with E-state index < -0.39 is 11.6 Å². The van der Waals surface area contributed by atoms with Crippen LogP contribution in [0.4, 0.5) is 8.78 Å². The van der Waals surface area contributed by atoms with Gasteiger partial charge in [0.25, 0.3) is 0 Å². The topological polar surface area (TPSA) is 40.7 Å². The lowest BCUT2D eigenvalue weighted by Crippen LogP contribution is -2.23. The molecule has 2 heterocycles. The van der Waals surface area contributed by atoms with E-state index in [2.05, 4.69) is 27.4 Å². The molecule has 0 aliphatic carbocycles. The molecule has 1 aromatic heterocycles. The summed E-state index contributed by atoms with van der Waals surface area (Å²) in [5.41, 5.74) is 4.44. The van der Waals surface area contributed by atoms with Gasteiger partial charge in [0.1, 0.15) is 5.82 Å².